The largest absolute Gasteiger partial charge is 0.381 e. The summed E-state index contributed by atoms with van der Waals surface area (Å²) in [6.45, 7) is 2.15. The molecule has 0 radical (unpaired) electrons. The zero-order chi connectivity index (χ0) is 14.5. The summed E-state index contributed by atoms with van der Waals surface area (Å²) < 4.78 is 5.49. The van der Waals surface area contributed by atoms with Gasteiger partial charge in [0.15, 0.2) is 0 Å². The Balaban J connectivity index is 1.64. The molecule has 1 saturated heterocycles. The van der Waals surface area contributed by atoms with E-state index >= 15 is 0 Å². The van der Waals surface area contributed by atoms with Crippen molar-refractivity contribution in [2.75, 3.05) is 25.1 Å². The summed E-state index contributed by atoms with van der Waals surface area (Å²) in [7, 11) is 0. The van der Waals surface area contributed by atoms with Crippen LogP contribution < -0.4 is 10.6 Å². The fourth-order valence-corrected chi connectivity index (χ4v) is 4.04. The Morgan fingerprint density at radius 3 is 2.81 bits per heavy atom. The molecule has 3 rings (SSSR count). The van der Waals surface area contributed by atoms with Gasteiger partial charge in [0.25, 0.3) is 0 Å². The van der Waals surface area contributed by atoms with E-state index in [1.54, 1.807) is 11.3 Å². The van der Waals surface area contributed by atoms with Crippen LogP contribution in [0.3, 0.4) is 0 Å². The molecular weight excluding hydrogens is 304 g/mol. The number of thiophene rings is 2. The predicted octanol–water partition coefficient (Wildman–Crippen LogP) is 3.68. The molecule has 2 N–H and O–H groups in total. The van der Waals surface area contributed by atoms with Crippen molar-refractivity contribution in [2.24, 2.45) is 0 Å². The third-order valence-electron chi connectivity index (χ3n) is 3.93. The lowest BCUT2D eigenvalue weighted by atomic mass is 9.75. The van der Waals surface area contributed by atoms with Crippen molar-refractivity contribution in [3.63, 3.8) is 0 Å². The Kier molecular flexibility index (Phi) is 4.57. The minimum atomic E-state index is -0.140. The highest BCUT2D eigenvalue weighted by Gasteiger charge is 2.35. The summed E-state index contributed by atoms with van der Waals surface area (Å²) in [6.07, 6.45) is 1.89. The SMILES string of the molecule is O=C(NCC1(c2ccsc2)CCOCC1)Nc1cccs1. The van der Waals surface area contributed by atoms with Crippen molar-refractivity contribution in [3.8, 4) is 0 Å². The zero-order valence-corrected chi connectivity index (χ0v) is 13.3. The highest BCUT2D eigenvalue weighted by molar-refractivity contribution is 7.14. The lowest BCUT2D eigenvalue weighted by Gasteiger charge is -2.37. The average molecular weight is 322 g/mol. The minimum absolute atomic E-state index is 0.00500. The van der Waals surface area contributed by atoms with Crippen molar-refractivity contribution in [2.45, 2.75) is 18.3 Å². The van der Waals surface area contributed by atoms with Crippen molar-refractivity contribution in [1.82, 2.24) is 5.32 Å². The molecule has 2 aromatic rings. The standard InChI is InChI=1S/C15H18N2O2S2/c18-14(17-13-2-1-8-21-13)16-11-15(4-6-19-7-5-15)12-3-9-20-10-12/h1-3,8-10H,4-7,11H2,(H2,16,17,18). The number of rotatable bonds is 4. The monoisotopic (exact) mass is 322 g/mol. The second kappa shape index (κ2) is 6.60. The summed E-state index contributed by atoms with van der Waals surface area (Å²) in [5.41, 5.74) is 1.32. The number of amides is 2. The van der Waals surface area contributed by atoms with E-state index in [9.17, 15) is 4.79 Å². The molecule has 1 aliphatic heterocycles. The fraction of sp³-hybridized carbons (Fsp3) is 0.400. The van der Waals surface area contributed by atoms with Gasteiger partial charge in [-0.1, -0.05) is 0 Å². The molecule has 6 heteroatoms. The van der Waals surface area contributed by atoms with Gasteiger partial charge in [0, 0.05) is 25.2 Å². The molecule has 0 bridgehead atoms. The maximum Gasteiger partial charge on any atom is 0.319 e. The van der Waals surface area contributed by atoms with Crippen molar-refractivity contribution >= 4 is 33.7 Å². The van der Waals surface area contributed by atoms with Crippen molar-refractivity contribution < 1.29 is 9.53 Å². The van der Waals surface area contributed by atoms with Gasteiger partial charge < -0.3 is 10.1 Å². The molecule has 0 aromatic carbocycles. The lowest BCUT2D eigenvalue weighted by molar-refractivity contribution is 0.0510. The number of carbonyl (C=O) groups excluding carboxylic acids is 1. The Morgan fingerprint density at radius 1 is 1.29 bits per heavy atom. The van der Waals surface area contributed by atoms with Gasteiger partial charge in [-0.15, -0.1) is 11.3 Å². The fourth-order valence-electron chi connectivity index (χ4n) is 2.65. The number of nitrogens with one attached hydrogen (secondary N) is 2. The molecule has 0 atom stereocenters. The zero-order valence-electron chi connectivity index (χ0n) is 11.6. The van der Waals surface area contributed by atoms with Crippen LogP contribution in [0.1, 0.15) is 18.4 Å². The number of hydrogen-bond donors (Lipinski definition) is 2. The molecule has 21 heavy (non-hydrogen) atoms. The van der Waals surface area contributed by atoms with E-state index in [0.717, 1.165) is 31.1 Å². The van der Waals surface area contributed by atoms with E-state index in [4.69, 9.17) is 4.74 Å². The summed E-state index contributed by atoms with van der Waals surface area (Å²) in [4.78, 5) is 12.0. The van der Waals surface area contributed by atoms with Crippen molar-refractivity contribution in [1.29, 1.82) is 0 Å². The average Bonchev–Trinajstić information content (AvgIpc) is 3.19. The highest BCUT2D eigenvalue weighted by Crippen LogP contribution is 2.35. The first kappa shape index (κ1) is 14.6. The van der Waals surface area contributed by atoms with E-state index in [1.165, 1.54) is 16.9 Å². The first-order valence-electron chi connectivity index (χ1n) is 6.97. The molecule has 0 saturated carbocycles. The molecule has 1 fully saturated rings. The molecule has 112 valence electrons. The maximum absolute atomic E-state index is 12.0. The molecule has 1 aliphatic rings. The van der Waals surface area contributed by atoms with Crippen LogP contribution in [-0.4, -0.2) is 25.8 Å². The number of carbonyl (C=O) groups is 1. The van der Waals surface area contributed by atoms with Gasteiger partial charge in [-0.05, 0) is 52.7 Å². The molecule has 0 spiro atoms. The molecule has 3 heterocycles. The predicted molar refractivity (Wildman–Crippen MR) is 87.4 cm³/mol. The number of anilines is 1. The first-order valence-corrected chi connectivity index (χ1v) is 8.80. The molecule has 0 unspecified atom stereocenters. The first-order chi connectivity index (χ1) is 10.3. The van der Waals surface area contributed by atoms with Gasteiger partial charge in [0.05, 0.1) is 5.00 Å². The maximum atomic E-state index is 12.0. The van der Waals surface area contributed by atoms with Crippen LogP contribution in [0.25, 0.3) is 0 Å². The van der Waals surface area contributed by atoms with Gasteiger partial charge in [0.2, 0.25) is 0 Å². The molecule has 0 aliphatic carbocycles. The van der Waals surface area contributed by atoms with Crippen LogP contribution in [0.2, 0.25) is 0 Å². The van der Waals surface area contributed by atoms with E-state index in [-0.39, 0.29) is 11.4 Å². The lowest BCUT2D eigenvalue weighted by Crippen LogP contribution is -2.45. The van der Waals surface area contributed by atoms with Crippen LogP contribution in [0.4, 0.5) is 9.80 Å². The van der Waals surface area contributed by atoms with E-state index in [2.05, 4.69) is 27.5 Å². The summed E-state index contributed by atoms with van der Waals surface area (Å²) in [5, 5.41) is 13.0. The quantitative estimate of drug-likeness (QED) is 0.902. The Bertz CT molecular complexity index is 561. The third-order valence-corrected chi connectivity index (χ3v) is 5.40. The van der Waals surface area contributed by atoms with Crippen LogP contribution >= 0.6 is 22.7 Å². The van der Waals surface area contributed by atoms with Crippen LogP contribution in [0.5, 0.6) is 0 Å². The van der Waals surface area contributed by atoms with E-state index in [1.807, 2.05) is 17.5 Å². The van der Waals surface area contributed by atoms with Gasteiger partial charge in [-0.3, -0.25) is 5.32 Å². The number of hydrogen-bond acceptors (Lipinski definition) is 4. The molecule has 2 aromatic heterocycles. The van der Waals surface area contributed by atoms with Gasteiger partial charge in [0.1, 0.15) is 0 Å². The topological polar surface area (TPSA) is 50.4 Å². The normalized spacial score (nSPS) is 17.3. The van der Waals surface area contributed by atoms with Crippen LogP contribution in [0, 0.1) is 0 Å². The summed E-state index contributed by atoms with van der Waals surface area (Å²) >= 11 is 3.22. The molecule has 4 nitrogen and oxygen atoms in total. The smallest absolute Gasteiger partial charge is 0.319 e. The highest BCUT2D eigenvalue weighted by atomic mass is 32.1. The Labute approximate surface area is 132 Å². The third kappa shape index (κ3) is 3.45. The molecule has 2 amide bonds. The van der Waals surface area contributed by atoms with Gasteiger partial charge >= 0.3 is 6.03 Å². The van der Waals surface area contributed by atoms with E-state index in [0.29, 0.717) is 6.54 Å². The van der Waals surface area contributed by atoms with Crippen molar-refractivity contribution in [3.05, 3.63) is 39.9 Å². The van der Waals surface area contributed by atoms with Crippen LogP contribution in [-0.2, 0) is 10.2 Å². The summed E-state index contributed by atoms with van der Waals surface area (Å²) in [6, 6.07) is 5.84. The minimum Gasteiger partial charge on any atom is -0.381 e. The summed E-state index contributed by atoms with van der Waals surface area (Å²) in [5.74, 6) is 0. The second-order valence-electron chi connectivity index (χ2n) is 5.19. The second-order valence-corrected chi connectivity index (χ2v) is 6.92. The van der Waals surface area contributed by atoms with Gasteiger partial charge in [-0.25, -0.2) is 4.79 Å². The number of ether oxygens (including phenoxy) is 1. The number of urea groups is 1. The van der Waals surface area contributed by atoms with Crippen LogP contribution in [0.15, 0.2) is 34.3 Å². The molecular formula is C15H18N2O2S2. The Hall–Kier alpha value is -1.37. The van der Waals surface area contributed by atoms with E-state index < -0.39 is 0 Å². The van der Waals surface area contributed by atoms with Gasteiger partial charge in [-0.2, -0.15) is 11.3 Å². The Morgan fingerprint density at radius 2 is 2.14 bits per heavy atom.